The molecule has 0 aliphatic heterocycles. The van der Waals surface area contributed by atoms with Gasteiger partial charge in [0.25, 0.3) is 0 Å². The van der Waals surface area contributed by atoms with Crippen LogP contribution in [0.4, 0.5) is 0 Å². The molecule has 12 heteroatoms. The predicted octanol–water partition coefficient (Wildman–Crippen LogP) is 32.9. The van der Waals surface area contributed by atoms with Crippen molar-refractivity contribution in [3.05, 3.63) is 543 Å². The van der Waals surface area contributed by atoms with E-state index < -0.39 is 5.41 Å². The van der Waals surface area contributed by atoms with Gasteiger partial charge in [-0.3, -0.25) is 15.0 Å². The summed E-state index contributed by atoms with van der Waals surface area (Å²) in [4.78, 5) is 58.2. The van der Waals surface area contributed by atoms with E-state index in [1.165, 1.54) is 111 Å². The van der Waals surface area contributed by atoms with E-state index in [9.17, 15) is 0 Å². The number of pyridine rings is 3. The Labute approximate surface area is 865 Å². The van der Waals surface area contributed by atoms with Gasteiger partial charge in [0.05, 0.1) is 5.41 Å². The van der Waals surface area contributed by atoms with Crippen molar-refractivity contribution in [3.63, 3.8) is 0 Å². The first-order chi connectivity index (χ1) is 73.4. The second-order valence-electron chi connectivity index (χ2n) is 39.3. The van der Waals surface area contributed by atoms with Crippen LogP contribution < -0.4 is 0 Å². The van der Waals surface area contributed by atoms with E-state index >= 15 is 0 Å². The Bertz CT molecular complexity index is 9290. The average molecular weight is 1910 g/mol. The van der Waals surface area contributed by atoms with E-state index in [0.717, 1.165) is 106 Å². The van der Waals surface area contributed by atoms with Crippen LogP contribution in [0, 0.1) is 0 Å². The molecule has 149 heavy (non-hydrogen) atoms. The van der Waals surface area contributed by atoms with Crippen LogP contribution in [0.3, 0.4) is 0 Å². The summed E-state index contributed by atoms with van der Waals surface area (Å²) in [7, 11) is 0. The molecule has 702 valence electrons. The maximum atomic E-state index is 5.15. The minimum atomic E-state index is -0.399. The van der Waals surface area contributed by atoms with E-state index in [1.54, 1.807) is 37.2 Å². The monoisotopic (exact) mass is 1910 g/mol. The Morgan fingerprint density at radius 1 is 0.154 bits per heavy atom. The quantitative estimate of drug-likeness (QED) is 0.0959. The first kappa shape index (κ1) is 89.8. The Balaban J connectivity index is 0.000000114. The van der Waals surface area contributed by atoms with Crippen molar-refractivity contribution in [2.75, 3.05) is 0 Å². The minimum Gasteiger partial charge on any atom is -0.265 e. The summed E-state index contributed by atoms with van der Waals surface area (Å²) in [5.41, 5.74) is 42.5. The number of rotatable bonds is 15. The fourth-order valence-corrected chi connectivity index (χ4v) is 22.9. The van der Waals surface area contributed by atoms with Gasteiger partial charge in [0.2, 0.25) is 0 Å². The van der Waals surface area contributed by atoms with Crippen molar-refractivity contribution >= 4 is 10.8 Å². The van der Waals surface area contributed by atoms with Crippen LogP contribution in [-0.4, -0.2) is 59.8 Å². The summed E-state index contributed by atoms with van der Waals surface area (Å²) in [6.45, 7) is 9.32. The zero-order valence-corrected chi connectivity index (χ0v) is 82.2. The first-order valence-electron chi connectivity index (χ1n) is 50.5. The smallest absolute Gasteiger partial charge is 0.165 e. The third-order valence-corrected chi connectivity index (χ3v) is 29.9. The van der Waals surface area contributed by atoms with Gasteiger partial charge in [0, 0.05) is 98.1 Å². The molecule has 4 aliphatic carbocycles. The summed E-state index contributed by atoms with van der Waals surface area (Å²) in [5.74, 6) is 5.51. The fourth-order valence-electron chi connectivity index (χ4n) is 22.9. The lowest BCUT2D eigenvalue weighted by Gasteiger charge is -2.30. The second-order valence-corrected chi connectivity index (χ2v) is 39.3. The Hall–Kier alpha value is -19.3. The van der Waals surface area contributed by atoms with Gasteiger partial charge in [-0.05, 0) is 245 Å². The first-order valence-corrected chi connectivity index (χ1v) is 50.5. The second kappa shape index (κ2) is 37.5. The van der Waals surface area contributed by atoms with Crippen LogP contribution in [0.5, 0.6) is 0 Å². The van der Waals surface area contributed by atoms with Crippen molar-refractivity contribution in [1.29, 1.82) is 0 Å². The third kappa shape index (κ3) is 16.1. The van der Waals surface area contributed by atoms with Crippen molar-refractivity contribution < 1.29 is 0 Å². The highest BCUT2D eigenvalue weighted by Gasteiger charge is 2.52. The molecule has 6 heterocycles. The number of hydrogen-bond donors (Lipinski definition) is 0. The number of hydrogen-bond acceptors (Lipinski definition) is 12. The summed E-state index contributed by atoms with van der Waals surface area (Å²) in [6.07, 6.45) is 10.7. The molecule has 0 fully saturated rings. The molecule has 0 saturated heterocycles. The van der Waals surface area contributed by atoms with Crippen LogP contribution in [-0.2, 0) is 16.2 Å². The van der Waals surface area contributed by atoms with Gasteiger partial charge in [0.1, 0.15) is 0 Å². The molecular formula is C137H94N12. The minimum absolute atomic E-state index is 0.0600. The number of fused-ring (bicyclic) bond motifs is 18. The largest absolute Gasteiger partial charge is 0.265 e. The summed E-state index contributed by atoms with van der Waals surface area (Å²) >= 11 is 0. The van der Waals surface area contributed by atoms with Gasteiger partial charge < -0.3 is 0 Å². The van der Waals surface area contributed by atoms with E-state index in [1.807, 2.05) is 54.6 Å². The average Bonchev–Trinajstić information content (AvgIpc) is 1.50. The molecule has 0 amide bonds. The van der Waals surface area contributed by atoms with Crippen molar-refractivity contribution in [1.82, 2.24) is 59.8 Å². The molecule has 0 radical (unpaired) electrons. The SMILES string of the molecule is CC1(C)c2ccc(-c3cccc(-c4nc(-c5cccnc5)nc(-c5cccc(-c6ccccc6)c5)n4)c3)cc2-c2ccc3ccccc3c21.CC1(C)c2ccccc2-c2c(-c3cccc(-c4nc(-c5cccnc5)nc(-c5cccc(-c6ccccc6)c5)n4)c3)cccc21.c1ccc(-c2cccc(-c3nc(-c4ccncc4)nc(-c4cccc(-c5cccc6c5-c5ccccc5C65c6ccccc6-c6ccccc65)c4)n3)c2)cc1. The molecule has 1 spiro atoms. The van der Waals surface area contributed by atoms with Crippen LogP contribution in [0.2, 0.25) is 0 Å². The van der Waals surface area contributed by atoms with Gasteiger partial charge >= 0.3 is 0 Å². The Kier molecular flexibility index (Phi) is 22.6. The number of benzene rings is 18. The summed E-state index contributed by atoms with van der Waals surface area (Å²) < 4.78 is 0. The highest BCUT2D eigenvalue weighted by molar-refractivity contribution is 6.02. The van der Waals surface area contributed by atoms with Crippen molar-refractivity contribution in [2.24, 2.45) is 0 Å². The van der Waals surface area contributed by atoms with Crippen LogP contribution in [0.1, 0.15) is 72.2 Å². The lowest BCUT2D eigenvalue weighted by Crippen LogP contribution is -2.25. The molecule has 28 rings (SSSR count). The molecular weight excluding hydrogens is 1810 g/mol. The van der Waals surface area contributed by atoms with Gasteiger partial charge in [-0.2, -0.15) is 0 Å². The topological polar surface area (TPSA) is 155 Å². The standard InChI is InChI=1S/C51H32N4.C45H32N4.C41H30N4/c1-2-13-33(14-3-1)35-15-10-17-37(31-35)49-53-48(34-27-29-52-30-28-34)54-50(55-49)38-18-11-16-36(32-38)39-22-12-26-46-47(39)42-21-6-9-25-45(42)51(46)43-23-7-4-19-40(43)41-20-5-8-24-44(41)51;1-45(2)40-23-21-33(27-39(40)38-22-20-30-13-6-7-19-37(30)41(38)45)32-15-9-17-35(26-32)43-47-42(48-44(49-43)36-18-10-24-46-28-36)34-16-8-14-31(25-34)29-11-4-3-5-12-29;1-41(2)35-21-7-6-19-34(35)37-33(20-10-22-36(37)41)29-15-9-17-31(25-29)39-43-38(44-40(45-39)32-18-11-23-42-26-32)30-16-8-14-28(24-30)27-12-4-3-5-13-27/h1-32H;3-28H,1-2H3;3-26H,1-2H3. The molecule has 6 aromatic heterocycles. The zero-order chi connectivity index (χ0) is 99.7. The Morgan fingerprint density at radius 3 is 0.899 bits per heavy atom. The molecule has 0 saturated carbocycles. The summed E-state index contributed by atoms with van der Waals surface area (Å²) in [5, 5.41) is 2.61. The van der Waals surface area contributed by atoms with Crippen LogP contribution in [0.25, 0.3) is 225 Å². The summed E-state index contributed by atoms with van der Waals surface area (Å²) in [6, 6.07) is 163. The fraction of sp³-hybridized carbons (Fsp3) is 0.0511. The van der Waals surface area contributed by atoms with E-state index in [4.69, 9.17) is 44.9 Å². The van der Waals surface area contributed by atoms with Gasteiger partial charge in [-0.15, -0.1) is 0 Å². The molecule has 4 aliphatic rings. The molecule has 18 aromatic carbocycles. The van der Waals surface area contributed by atoms with E-state index in [-0.39, 0.29) is 10.8 Å². The van der Waals surface area contributed by atoms with E-state index in [0.29, 0.717) is 52.4 Å². The molecule has 0 bridgehead atoms. The van der Waals surface area contributed by atoms with E-state index in [2.05, 4.69) is 449 Å². The van der Waals surface area contributed by atoms with Gasteiger partial charge in [-0.1, -0.05) is 410 Å². The van der Waals surface area contributed by atoms with Crippen molar-refractivity contribution in [2.45, 2.75) is 43.9 Å². The maximum absolute atomic E-state index is 5.15. The van der Waals surface area contributed by atoms with Gasteiger partial charge in [-0.25, -0.2) is 44.9 Å². The van der Waals surface area contributed by atoms with Gasteiger partial charge in [0.15, 0.2) is 52.4 Å². The molecule has 24 aromatic rings. The lowest BCUT2D eigenvalue weighted by molar-refractivity contribution is 0.660. The maximum Gasteiger partial charge on any atom is 0.165 e. The van der Waals surface area contributed by atoms with Crippen molar-refractivity contribution in [3.8, 4) is 214 Å². The van der Waals surface area contributed by atoms with Crippen LogP contribution in [0.15, 0.2) is 498 Å². The highest BCUT2D eigenvalue weighted by atomic mass is 15.1. The third-order valence-electron chi connectivity index (χ3n) is 29.9. The molecule has 0 atom stereocenters. The molecule has 12 nitrogen and oxygen atoms in total. The van der Waals surface area contributed by atoms with Crippen LogP contribution >= 0.6 is 0 Å². The number of nitrogens with zero attached hydrogens (tertiary/aromatic N) is 12. The molecule has 0 unspecified atom stereocenters. The predicted molar refractivity (Wildman–Crippen MR) is 603 cm³/mol. The number of aromatic nitrogens is 12. The Morgan fingerprint density at radius 2 is 0.456 bits per heavy atom. The lowest BCUT2D eigenvalue weighted by atomic mass is 9.70. The molecule has 0 N–H and O–H groups in total. The zero-order valence-electron chi connectivity index (χ0n) is 82.2. The normalized spacial score (nSPS) is 12.9. The highest BCUT2D eigenvalue weighted by Crippen LogP contribution is 2.65.